The highest BCUT2D eigenvalue weighted by Gasteiger charge is 2.12. The van der Waals surface area contributed by atoms with E-state index in [1.807, 2.05) is 25.1 Å². The van der Waals surface area contributed by atoms with Crippen molar-refractivity contribution in [1.29, 1.82) is 0 Å². The molecule has 0 radical (unpaired) electrons. The third-order valence-electron chi connectivity index (χ3n) is 3.00. The van der Waals surface area contributed by atoms with Gasteiger partial charge < -0.3 is 10.2 Å². The Morgan fingerprint density at radius 3 is 2.67 bits per heavy atom. The highest BCUT2D eigenvalue weighted by molar-refractivity contribution is 5.42. The Morgan fingerprint density at radius 1 is 1.17 bits per heavy atom. The van der Waals surface area contributed by atoms with Crippen molar-refractivity contribution in [1.82, 2.24) is 25.1 Å². The van der Waals surface area contributed by atoms with E-state index in [1.54, 1.807) is 11.0 Å². The molecular formula is C12H16N6. The molecule has 6 heteroatoms. The summed E-state index contributed by atoms with van der Waals surface area (Å²) in [4.78, 5) is 11.0. The minimum atomic E-state index is 0.754. The van der Waals surface area contributed by atoms with E-state index in [1.165, 1.54) is 0 Å². The molecule has 2 aromatic heterocycles. The lowest BCUT2D eigenvalue weighted by molar-refractivity contribution is 0.584. The number of rotatable bonds is 2. The van der Waals surface area contributed by atoms with Crippen molar-refractivity contribution in [3.63, 3.8) is 0 Å². The van der Waals surface area contributed by atoms with Crippen LogP contribution in [0.15, 0.2) is 24.5 Å². The molecule has 1 fully saturated rings. The summed E-state index contributed by atoms with van der Waals surface area (Å²) in [6, 6.07) is 6.00. The predicted molar refractivity (Wildman–Crippen MR) is 69.0 cm³/mol. The fourth-order valence-corrected chi connectivity index (χ4v) is 2.07. The molecule has 0 amide bonds. The molecule has 0 aliphatic carbocycles. The van der Waals surface area contributed by atoms with E-state index in [2.05, 4.69) is 25.3 Å². The van der Waals surface area contributed by atoms with Crippen LogP contribution in [0.4, 0.5) is 5.82 Å². The van der Waals surface area contributed by atoms with E-state index in [4.69, 9.17) is 0 Å². The SMILES string of the molecule is Cc1ncn(-c2cccc(N3CCNCC3)n2)n1. The summed E-state index contributed by atoms with van der Waals surface area (Å²) in [5.41, 5.74) is 0. The topological polar surface area (TPSA) is 58.9 Å². The lowest BCUT2D eigenvalue weighted by atomic mass is 10.3. The quantitative estimate of drug-likeness (QED) is 0.827. The lowest BCUT2D eigenvalue weighted by Crippen LogP contribution is -2.43. The second-order valence-corrected chi connectivity index (χ2v) is 4.33. The first-order valence-electron chi connectivity index (χ1n) is 6.14. The Kier molecular flexibility index (Phi) is 2.93. The minimum Gasteiger partial charge on any atom is -0.354 e. The van der Waals surface area contributed by atoms with Gasteiger partial charge in [0.05, 0.1) is 0 Å². The molecule has 1 aliphatic heterocycles. The van der Waals surface area contributed by atoms with Gasteiger partial charge in [-0.15, -0.1) is 0 Å². The third-order valence-corrected chi connectivity index (χ3v) is 3.00. The largest absolute Gasteiger partial charge is 0.354 e. The first kappa shape index (κ1) is 11.2. The second-order valence-electron chi connectivity index (χ2n) is 4.33. The zero-order chi connectivity index (χ0) is 12.4. The molecule has 1 aliphatic rings. The molecule has 18 heavy (non-hydrogen) atoms. The Bertz CT molecular complexity index is 529. The van der Waals surface area contributed by atoms with Crippen LogP contribution in [0.3, 0.4) is 0 Å². The Morgan fingerprint density at radius 2 is 1.94 bits per heavy atom. The molecule has 6 nitrogen and oxygen atoms in total. The molecule has 0 saturated carbocycles. The molecule has 1 N–H and O–H groups in total. The van der Waals surface area contributed by atoms with Gasteiger partial charge in [0.2, 0.25) is 0 Å². The van der Waals surface area contributed by atoms with E-state index in [-0.39, 0.29) is 0 Å². The number of aromatic nitrogens is 4. The van der Waals surface area contributed by atoms with Crippen molar-refractivity contribution < 1.29 is 0 Å². The molecule has 0 spiro atoms. The monoisotopic (exact) mass is 244 g/mol. The molecule has 0 aromatic carbocycles. The minimum absolute atomic E-state index is 0.754. The van der Waals surface area contributed by atoms with Gasteiger partial charge in [-0.3, -0.25) is 0 Å². The van der Waals surface area contributed by atoms with Crippen molar-refractivity contribution >= 4 is 5.82 Å². The van der Waals surface area contributed by atoms with E-state index in [0.717, 1.165) is 43.6 Å². The smallest absolute Gasteiger partial charge is 0.157 e. The van der Waals surface area contributed by atoms with Crippen LogP contribution < -0.4 is 10.2 Å². The van der Waals surface area contributed by atoms with E-state index >= 15 is 0 Å². The summed E-state index contributed by atoms with van der Waals surface area (Å²) in [7, 11) is 0. The molecule has 2 aromatic rings. The first-order chi connectivity index (χ1) is 8.83. The maximum absolute atomic E-state index is 4.64. The number of anilines is 1. The third kappa shape index (κ3) is 2.19. The molecular weight excluding hydrogens is 228 g/mol. The summed E-state index contributed by atoms with van der Waals surface area (Å²) in [5.74, 6) is 2.57. The maximum atomic E-state index is 4.64. The van der Waals surface area contributed by atoms with Gasteiger partial charge in [0, 0.05) is 26.2 Å². The number of nitrogens with one attached hydrogen (secondary N) is 1. The first-order valence-corrected chi connectivity index (χ1v) is 6.14. The summed E-state index contributed by atoms with van der Waals surface area (Å²) in [6.45, 7) is 5.87. The van der Waals surface area contributed by atoms with Gasteiger partial charge in [-0.25, -0.2) is 14.6 Å². The van der Waals surface area contributed by atoms with Crippen molar-refractivity contribution in [3.05, 3.63) is 30.4 Å². The van der Waals surface area contributed by atoms with Crippen LogP contribution in [-0.2, 0) is 0 Å². The maximum Gasteiger partial charge on any atom is 0.157 e. The zero-order valence-electron chi connectivity index (χ0n) is 10.4. The molecule has 0 atom stereocenters. The van der Waals surface area contributed by atoms with E-state index in [0.29, 0.717) is 0 Å². The van der Waals surface area contributed by atoms with Gasteiger partial charge in [-0.05, 0) is 19.1 Å². The Hall–Kier alpha value is -1.95. The number of piperazine rings is 1. The van der Waals surface area contributed by atoms with Crippen LogP contribution in [0, 0.1) is 6.92 Å². The van der Waals surface area contributed by atoms with Crippen LogP contribution in [0.2, 0.25) is 0 Å². The average molecular weight is 244 g/mol. The van der Waals surface area contributed by atoms with Crippen molar-refractivity contribution in [2.75, 3.05) is 31.1 Å². The van der Waals surface area contributed by atoms with Crippen LogP contribution in [0.5, 0.6) is 0 Å². The standard InChI is InChI=1S/C12H16N6/c1-10-14-9-18(16-10)12-4-2-3-11(15-12)17-7-5-13-6-8-17/h2-4,9,13H,5-8H2,1H3. The number of hydrogen-bond acceptors (Lipinski definition) is 5. The Labute approximate surface area is 106 Å². The number of pyridine rings is 1. The van der Waals surface area contributed by atoms with Crippen molar-refractivity contribution in [2.24, 2.45) is 0 Å². The fourth-order valence-electron chi connectivity index (χ4n) is 2.07. The molecule has 94 valence electrons. The van der Waals surface area contributed by atoms with Crippen LogP contribution in [-0.4, -0.2) is 45.9 Å². The predicted octanol–water partition coefficient (Wildman–Crippen LogP) is 0.380. The summed E-state index contributed by atoms with van der Waals surface area (Å²) < 4.78 is 1.71. The van der Waals surface area contributed by atoms with Gasteiger partial charge in [0.15, 0.2) is 5.82 Å². The number of hydrogen-bond donors (Lipinski definition) is 1. The molecule has 0 bridgehead atoms. The number of nitrogens with zero attached hydrogens (tertiary/aromatic N) is 5. The van der Waals surface area contributed by atoms with Gasteiger partial charge >= 0.3 is 0 Å². The normalized spacial score (nSPS) is 15.9. The van der Waals surface area contributed by atoms with Crippen LogP contribution in [0.25, 0.3) is 5.82 Å². The van der Waals surface area contributed by atoms with E-state index < -0.39 is 0 Å². The molecule has 1 saturated heterocycles. The lowest BCUT2D eigenvalue weighted by Gasteiger charge is -2.28. The average Bonchev–Trinajstić information content (AvgIpc) is 2.87. The van der Waals surface area contributed by atoms with Gasteiger partial charge in [-0.2, -0.15) is 5.10 Å². The van der Waals surface area contributed by atoms with Gasteiger partial charge in [-0.1, -0.05) is 6.07 Å². The molecule has 3 rings (SSSR count). The zero-order valence-corrected chi connectivity index (χ0v) is 10.4. The Balaban J connectivity index is 1.88. The molecule has 3 heterocycles. The van der Waals surface area contributed by atoms with Gasteiger partial charge in [0.25, 0.3) is 0 Å². The summed E-state index contributed by atoms with van der Waals surface area (Å²) in [6.07, 6.45) is 1.69. The second kappa shape index (κ2) is 4.73. The van der Waals surface area contributed by atoms with Crippen molar-refractivity contribution in [2.45, 2.75) is 6.92 Å². The van der Waals surface area contributed by atoms with Crippen LogP contribution in [0.1, 0.15) is 5.82 Å². The van der Waals surface area contributed by atoms with Crippen LogP contribution >= 0.6 is 0 Å². The number of aryl methyl sites for hydroxylation is 1. The highest BCUT2D eigenvalue weighted by Crippen LogP contribution is 2.13. The summed E-state index contributed by atoms with van der Waals surface area (Å²) >= 11 is 0. The summed E-state index contributed by atoms with van der Waals surface area (Å²) in [5, 5.41) is 7.62. The van der Waals surface area contributed by atoms with Crippen molar-refractivity contribution in [3.8, 4) is 5.82 Å². The highest BCUT2D eigenvalue weighted by atomic mass is 15.4. The fraction of sp³-hybridized carbons (Fsp3) is 0.417. The molecule has 0 unspecified atom stereocenters. The van der Waals surface area contributed by atoms with E-state index in [9.17, 15) is 0 Å². The van der Waals surface area contributed by atoms with Gasteiger partial charge in [0.1, 0.15) is 18.0 Å².